The fraction of sp³-hybridized carbons (Fsp3) is 0.263. The number of carboxylic acids is 1. The topological polar surface area (TPSA) is 96.4 Å². The lowest BCUT2D eigenvalue weighted by molar-refractivity contribution is -0.137. The van der Waals surface area contributed by atoms with E-state index in [1.54, 1.807) is 0 Å². The van der Waals surface area contributed by atoms with Gasteiger partial charge in [0.2, 0.25) is 0 Å². The molecule has 0 spiro atoms. The number of unbranched alkanes of at least 4 members (excludes halogenated alkanes) is 2. The van der Waals surface area contributed by atoms with Gasteiger partial charge in [0, 0.05) is 12.0 Å². The molecule has 0 aliphatic heterocycles. The first-order chi connectivity index (χ1) is 11.6. The summed E-state index contributed by atoms with van der Waals surface area (Å²) in [5.74, 6) is 0.119. The zero-order chi connectivity index (χ0) is 17.4. The number of carbonyl (C=O) groups is 1. The highest BCUT2D eigenvalue weighted by atomic mass is 35.5. The number of amidine groups is 1. The number of hydrogen-bond donors (Lipinski definition) is 3. The molecule has 6 heteroatoms. The average Bonchev–Trinajstić information content (AvgIpc) is 2.58. The first-order valence-corrected chi connectivity index (χ1v) is 7.96. The summed E-state index contributed by atoms with van der Waals surface area (Å²) >= 11 is 0. The fourth-order valence-electron chi connectivity index (χ4n) is 2.33. The van der Waals surface area contributed by atoms with Gasteiger partial charge in [0.1, 0.15) is 11.6 Å². The molecule has 134 valence electrons. The molecule has 2 rings (SSSR count). The van der Waals surface area contributed by atoms with Crippen molar-refractivity contribution in [3.8, 4) is 16.9 Å². The van der Waals surface area contributed by atoms with Crippen molar-refractivity contribution in [3.63, 3.8) is 0 Å². The van der Waals surface area contributed by atoms with Gasteiger partial charge < -0.3 is 15.6 Å². The highest BCUT2D eigenvalue weighted by molar-refractivity contribution is 5.95. The van der Waals surface area contributed by atoms with Crippen LogP contribution < -0.4 is 10.5 Å². The molecule has 0 saturated heterocycles. The third-order valence-electron chi connectivity index (χ3n) is 3.69. The summed E-state index contributed by atoms with van der Waals surface area (Å²) in [5, 5.41) is 16.0. The Kier molecular flexibility index (Phi) is 8.50. The van der Waals surface area contributed by atoms with Crippen LogP contribution in [-0.2, 0) is 4.79 Å². The van der Waals surface area contributed by atoms with Gasteiger partial charge in [-0.1, -0.05) is 36.4 Å². The second-order valence-corrected chi connectivity index (χ2v) is 5.57. The summed E-state index contributed by atoms with van der Waals surface area (Å²) in [6.45, 7) is 0.590. The van der Waals surface area contributed by atoms with Crippen LogP contribution in [0.25, 0.3) is 11.1 Å². The molecule has 0 aromatic heterocycles. The van der Waals surface area contributed by atoms with E-state index in [0.29, 0.717) is 18.6 Å². The molecule has 5 nitrogen and oxygen atoms in total. The second kappa shape index (κ2) is 10.4. The molecular weight excluding hydrogens is 340 g/mol. The Balaban J connectivity index is 0.00000312. The van der Waals surface area contributed by atoms with Gasteiger partial charge in [0.15, 0.2) is 0 Å². The molecule has 0 radical (unpaired) electrons. The Labute approximate surface area is 153 Å². The smallest absolute Gasteiger partial charge is 0.303 e. The quantitative estimate of drug-likeness (QED) is 0.355. The summed E-state index contributed by atoms with van der Waals surface area (Å²) in [5.41, 5.74) is 8.29. The fourth-order valence-corrected chi connectivity index (χ4v) is 2.33. The maximum atomic E-state index is 10.4. The number of benzene rings is 2. The highest BCUT2D eigenvalue weighted by Gasteiger charge is 2.01. The lowest BCUT2D eigenvalue weighted by atomic mass is 10.0. The van der Waals surface area contributed by atoms with E-state index in [0.717, 1.165) is 29.7 Å². The largest absolute Gasteiger partial charge is 0.494 e. The molecule has 0 aliphatic carbocycles. The lowest BCUT2D eigenvalue weighted by Gasteiger charge is -2.08. The van der Waals surface area contributed by atoms with E-state index in [4.69, 9.17) is 21.0 Å². The summed E-state index contributed by atoms with van der Waals surface area (Å²) < 4.78 is 5.66. The molecule has 0 heterocycles. The Morgan fingerprint density at radius 3 is 2.04 bits per heavy atom. The number of hydrogen-bond acceptors (Lipinski definition) is 3. The summed E-state index contributed by atoms with van der Waals surface area (Å²) in [6.07, 6.45) is 2.61. The number of nitrogens with one attached hydrogen (secondary N) is 1. The minimum atomic E-state index is -0.747. The Hall–Kier alpha value is -2.53. The third-order valence-corrected chi connectivity index (χ3v) is 3.69. The molecule has 2 aromatic rings. The molecular formula is C19H23ClN2O3. The molecule has 0 amide bonds. The summed E-state index contributed by atoms with van der Waals surface area (Å²) in [7, 11) is 0. The van der Waals surface area contributed by atoms with Crippen LogP contribution in [-0.4, -0.2) is 23.5 Å². The van der Waals surface area contributed by atoms with Crippen LogP contribution in [0, 0.1) is 5.41 Å². The van der Waals surface area contributed by atoms with Gasteiger partial charge in [-0.3, -0.25) is 10.2 Å². The molecule has 2 aromatic carbocycles. The van der Waals surface area contributed by atoms with Crippen molar-refractivity contribution < 1.29 is 14.6 Å². The molecule has 0 aliphatic rings. The van der Waals surface area contributed by atoms with Gasteiger partial charge in [-0.2, -0.15) is 0 Å². The molecule has 0 unspecified atom stereocenters. The van der Waals surface area contributed by atoms with E-state index in [1.165, 1.54) is 0 Å². The van der Waals surface area contributed by atoms with Crippen molar-refractivity contribution >= 4 is 24.2 Å². The minimum Gasteiger partial charge on any atom is -0.494 e. The Morgan fingerprint density at radius 2 is 1.52 bits per heavy atom. The predicted molar refractivity (Wildman–Crippen MR) is 102 cm³/mol. The number of nitrogens with two attached hydrogens (primary N) is 1. The van der Waals surface area contributed by atoms with E-state index < -0.39 is 5.97 Å². The van der Waals surface area contributed by atoms with Crippen LogP contribution in [0.15, 0.2) is 48.5 Å². The van der Waals surface area contributed by atoms with Crippen LogP contribution in [0.4, 0.5) is 0 Å². The zero-order valence-electron chi connectivity index (χ0n) is 13.9. The van der Waals surface area contributed by atoms with Gasteiger partial charge in [0.05, 0.1) is 6.61 Å². The van der Waals surface area contributed by atoms with Crippen LogP contribution >= 0.6 is 12.4 Å². The molecule has 4 N–H and O–H groups in total. The SMILES string of the molecule is Cl.N=C(N)c1ccc(-c2ccc(OCCCCCC(=O)O)cc2)cc1. The van der Waals surface area contributed by atoms with Crippen LogP contribution in [0.5, 0.6) is 5.75 Å². The van der Waals surface area contributed by atoms with E-state index in [9.17, 15) is 4.79 Å². The van der Waals surface area contributed by atoms with Crippen LogP contribution in [0.2, 0.25) is 0 Å². The van der Waals surface area contributed by atoms with E-state index in [1.807, 2.05) is 48.5 Å². The number of carboxylic acid groups (broad SMARTS) is 1. The average molecular weight is 363 g/mol. The molecule has 25 heavy (non-hydrogen) atoms. The Morgan fingerprint density at radius 1 is 0.960 bits per heavy atom. The van der Waals surface area contributed by atoms with Crippen molar-refractivity contribution in [1.82, 2.24) is 0 Å². The first-order valence-electron chi connectivity index (χ1n) is 7.96. The molecule has 0 saturated carbocycles. The standard InChI is InChI=1S/C19H22N2O3.ClH/c20-19(21)16-7-5-14(6-8-16)15-9-11-17(12-10-15)24-13-3-1-2-4-18(22)23;/h5-12H,1-4,13H2,(H3,20,21)(H,22,23);1H. The maximum absolute atomic E-state index is 10.4. The molecule has 0 atom stereocenters. The van der Waals surface area contributed by atoms with Gasteiger partial charge in [-0.05, 0) is 42.5 Å². The van der Waals surface area contributed by atoms with Gasteiger partial charge in [0.25, 0.3) is 0 Å². The van der Waals surface area contributed by atoms with Crippen molar-refractivity contribution in [2.45, 2.75) is 25.7 Å². The van der Waals surface area contributed by atoms with E-state index >= 15 is 0 Å². The number of ether oxygens (including phenoxy) is 1. The van der Waals surface area contributed by atoms with Crippen molar-refractivity contribution in [2.75, 3.05) is 6.61 Å². The van der Waals surface area contributed by atoms with Gasteiger partial charge >= 0.3 is 5.97 Å². The van der Waals surface area contributed by atoms with Gasteiger partial charge in [-0.25, -0.2) is 0 Å². The summed E-state index contributed by atoms with van der Waals surface area (Å²) in [4.78, 5) is 10.4. The van der Waals surface area contributed by atoms with Crippen molar-refractivity contribution in [1.29, 1.82) is 5.41 Å². The van der Waals surface area contributed by atoms with Crippen molar-refractivity contribution in [3.05, 3.63) is 54.1 Å². The monoisotopic (exact) mass is 362 g/mol. The second-order valence-electron chi connectivity index (χ2n) is 5.57. The lowest BCUT2D eigenvalue weighted by Crippen LogP contribution is -2.10. The normalized spacial score (nSPS) is 9.92. The molecule has 0 fully saturated rings. The zero-order valence-corrected chi connectivity index (χ0v) is 14.7. The van der Waals surface area contributed by atoms with E-state index in [-0.39, 0.29) is 24.7 Å². The molecule has 0 bridgehead atoms. The number of nitrogen functional groups attached to an aromatic ring is 1. The number of rotatable bonds is 9. The highest BCUT2D eigenvalue weighted by Crippen LogP contribution is 2.23. The van der Waals surface area contributed by atoms with Crippen molar-refractivity contribution in [2.24, 2.45) is 5.73 Å². The van der Waals surface area contributed by atoms with Gasteiger partial charge in [-0.15, -0.1) is 12.4 Å². The number of halogens is 1. The predicted octanol–water partition coefficient (Wildman–Crippen LogP) is 4.08. The maximum Gasteiger partial charge on any atom is 0.303 e. The van der Waals surface area contributed by atoms with Crippen LogP contribution in [0.3, 0.4) is 0 Å². The van der Waals surface area contributed by atoms with E-state index in [2.05, 4.69) is 0 Å². The summed E-state index contributed by atoms with van der Waals surface area (Å²) in [6, 6.07) is 15.4. The number of aliphatic carboxylic acids is 1. The minimum absolute atomic E-state index is 0. The first kappa shape index (κ1) is 20.5. The van der Waals surface area contributed by atoms with Crippen LogP contribution in [0.1, 0.15) is 31.2 Å². The Bertz CT molecular complexity index is 685. The third kappa shape index (κ3) is 6.85.